The van der Waals surface area contributed by atoms with Crippen LogP contribution in [0, 0.1) is 0 Å². The lowest BCUT2D eigenvalue weighted by Crippen LogP contribution is -2.40. The predicted octanol–water partition coefficient (Wildman–Crippen LogP) is 3.18. The van der Waals surface area contributed by atoms with Crippen molar-refractivity contribution < 1.29 is 14.1 Å². The molecule has 0 bridgehead atoms. The monoisotopic (exact) mass is 346 g/mol. The molecule has 2 atom stereocenters. The molecule has 1 aromatic carbocycles. The number of carbonyl (C=O) groups excluding carboxylic acids is 1. The van der Waals surface area contributed by atoms with E-state index in [0.29, 0.717) is 17.3 Å². The molecule has 2 N–H and O–H groups in total. The topological polar surface area (TPSA) is 73.4 Å². The van der Waals surface area contributed by atoms with Gasteiger partial charge in [-0.15, -0.1) is 4.72 Å². The van der Waals surface area contributed by atoms with Gasteiger partial charge in [0.1, 0.15) is 11.4 Å². The van der Waals surface area contributed by atoms with Crippen LogP contribution in [0.15, 0.2) is 24.3 Å². The van der Waals surface area contributed by atoms with E-state index in [-0.39, 0.29) is 0 Å². The molecule has 124 valence electrons. The summed E-state index contributed by atoms with van der Waals surface area (Å²) < 4.78 is 19.7. The van der Waals surface area contributed by atoms with Crippen LogP contribution in [0.1, 0.15) is 39.3 Å². The van der Waals surface area contributed by atoms with Crippen molar-refractivity contribution in [2.75, 3.05) is 12.3 Å². The summed E-state index contributed by atoms with van der Waals surface area (Å²) in [7, 11) is 0. The maximum Gasteiger partial charge on any atom is 0.408 e. The molecular formula is C15H23ClN2O3S. The minimum absolute atomic E-state index is 0.295. The van der Waals surface area contributed by atoms with Gasteiger partial charge in [0, 0.05) is 16.4 Å². The smallest absolute Gasteiger partial charge is 0.408 e. The third-order valence-electron chi connectivity index (χ3n) is 2.68. The number of halogens is 1. The molecule has 22 heavy (non-hydrogen) atoms. The highest BCUT2D eigenvalue weighted by Gasteiger charge is 2.23. The summed E-state index contributed by atoms with van der Waals surface area (Å²) in [5, 5.41) is 3.30. The standard InChI is InChI=1S/C15H23ClN2O3S/c1-5-22(20)17-10-13(11-8-6-7-9-12(11)16)18-14(19)21-15(2,3)4/h6-9,13,17H,5,10H2,1-4H3,(H,18,19). The Labute approximate surface area is 140 Å². The molecule has 1 amide bonds. The van der Waals surface area contributed by atoms with Crippen LogP contribution < -0.4 is 10.0 Å². The third-order valence-corrected chi connectivity index (χ3v) is 4.04. The van der Waals surface area contributed by atoms with E-state index in [9.17, 15) is 9.35 Å². The van der Waals surface area contributed by atoms with Crippen molar-refractivity contribution in [3.8, 4) is 0 Å². The number of carbonyl (C=O) groups is 1. The number of nitrogens with one attached hydrogen (secondary N) is 2. The number of ether oxygens (including phenoxy) is 1. The van der Waals surface area contributed by atoms with Gasteiger partial charge in [0.05, 0.1) is 12.6 Å². The second-order valence-electron chi connectivity index (χ2n) is 5.70. The molecule has 1 aromatic rings. The molecular weight excluding hydrogens is 324 g/mol. The molecule has 0 aromatic heterocycles. The van der Waals surface area contributed by atoms with E-state index in [1.807, 2.05) is 25.1 Å². The summed E-state index contributed by atoms with van der Waals surface area (Å²) in [6.07, 6.45) is -0.540. The first-order valence-electron chi connectivity index (χ1n) is 7.08. The molecule has 1 rings (SSSR count). The Hall–Kier alpha value is -0.950. The van der Waals surface area contributed by atoms with Crippen LogP contribution in [0.4, 0.5) is 4.79 Å². The average Bonchev–Trinajstić information content (AvgIpc) is 2.41. The number of benzene rings is 1. The SMILES string of the molecule is CC[S+]([O-])NCC(NC(=O)OC(C)(C)C)c1ccccc1Cl. The van der Waals surface area contributed by atoms with E-state index in [1.165, 1.54) is 0 Å². The van der Waals surface area contributed by atoms with Crippen LogP contribution in [0.2, 0.25) is 5.02 Å². The van der Waals surface area contributed by atoms with Gasteiger partial charge in [-0.2, -0.15) is 0 Å². The molecule has 0 saturated carbocycles. The zero-order valence-corrected chi connectivity index (χ0v) is 14.9. The van der Waals surface area contributed by atoms with Gasteiger partial charge >= 0.3 is 6.09 Å². The second-order valence-corrected chi connectivity index (χ2v) is 7.67. The normalized spacial score (nSPS) is 14.3. The summed E-state index contributed by atoms with van der Waals surface area (Å²) in [5.74, 6) is 0.488. The summed E-state index contributed by atoms with van der Waals surface area (Å²) in [6, 6.07) is 6.78. The van der Waals surface area contributed by atoms with Gasteiger partial charge in [-0.25, -0.2) is 4.79 Å². The Morgan fingerprint density at radius 1 is 1.41 bits per heavy atom. The Morgan fingerprint density at radius 2 is 2.05 bits per heavy atom. The molecule has 0 heterocycles. The fraction of sp³-hybridized carbons (Fsp3) is 0.533. The number of hydrogen-bond donors (Lipinski definition) is 2. The van der Waals surface area contributed by atoms with Crippen molar-refractivity contribution in [3.05, 3.63) is 34.9 Å². The maximum atomic E-state index is 12.0. The number of rotatable bonds is 6. The first kappa shape index (κ1) is 19.1. The van der Waals surface area contributed by atoms with E-state index in [2.05, 4.69) is 10.0 Å². The summed E-state index contributed by atoms with van der Waals surface area (Å²) in [6.45, 7) is 7.49. The first-order chi connectivity index (χ1) is 10.2. The predicted molar refractivity (Wildman–Crippen MR) is 90.2 cm³/mol. The highest BCUT2D eigenvalue weighted by atomic mass is 35.5. The van der Waals surface area contributed by atoms with Gasteiger partial charge in [-0.05, 0) is 39.3 Å². The Morgan fingerprint density at radius 3 is 2.59 bits per heavy atom. The van der Waals surface area contributed by atoms with Crippen molar-refractivity contribution >= 4 is 29.1 Å². The summed E-state index contributed by atoms with van der Waals surface area (Å²) >= 11 is 5.04. The van der Waals surface area contributed by atoms with Crippen molar-refractivity contribution in [3.63, 3.8) is 0 Å². The van der Waals surface area contributed by atoms with E-state index >= 15 is 0 Å². The first-order valence-corrected chi connectivity index (χ1v) is 8.78. The molecule has 0 saturated heterocycles. The largest absolute Gasteiger partial charge is 0.598 e. The van der Waals surface area contributed by atoms with E-state index in [4.69, 9.17) is 16.3 Å². The van der Waals surface area contributed by atoms with Crippen LogP contribution >= 0.6 is 11.6 Å². The van der Waals surface area contributed by atoms with Crippen molar-refractivity contribution in [2.24, 2.45) is 0 Å². The average molecular weight is 347 g/mol. The van der Waals surface area contributed by atoms with Crippen LogP contribution in [0.25, 0.3) is 0 Å². The molecule has 0 aliphatic carbocycles. The van der Waals surface area contributed by atoms with E-state index in [1.54, 1.807) is 26.8 Å². The van der Waals surface area contributed by atoms with E-state index in [0.717, 1.165) is 5.56 Å². The zero-order chi connectivity index (χ0) is 16.8. The summed E-state index contributed by atoms with van der Waals surface area (Å²) in [4.78, 5) is 12.0. The number of alkyl carbamates (subject to hydrolysis) is 1. The molecule has 5 nitrogen and oxygen atoms in total. The highest BCUT2D eigenvalue weighted by Crippen LogP contribution is 2.23. The molecule has 0 spiro atoms. The number of amides is 1. The van der Waals surface area contributed by atoms with Crippen molar-refractivity contribution in [2.45, 2.75) is 39.3 Å². The Bertz CT molecular complexity index is 494. The van der Waals surface area contributed by atoms with Gasteiger partial charge in [-0.3, -0.25) is 0 Å². The highest BCUT2D eigenvalue weighted by molar-refractivity contribution is 7.89. The van der Waals surface area contributed by atoms with Gasteiger partial charge in [0.2, 0.25) is 0 Å². The van der Waals surface area contributed by atoms with Crippen molar-refractivity contribution in [1.29, 1.82) is 0 Å². The van der Waals surface area contributed by atoms with Gasteiger partial charge in [0.15, 0.2) is 0 Å². The molecule has 0 radical (unpaired) electrons. The van der Waals surface area contributed by atoms with Gasteiger partial charge in [-0.1, -0.05) is 29.8 Å². The van der Waals surface area contributed by atoms with Gasteiger partial charge in [0.25, 0.3) is 0 Å². The van der Waals surface area contributed by atoms with Crippen LogP contribution in [-0.4, -0.2) is 28.5 Å². The fourth-order valence-corrected chi connectivity index (χ4v) is 2.55. The van der Waals surface area contributed by atoms with Gasteiger partial charge < -0.3 is 14.6 Å². The fourth-order valence-electron chi connectivity index (χ4n) is 1.72. The minimum atomic E-state index is -1.15. The van der Waals surface area contributed by atoms with Crippen LogP contribution in [0.5, 0.6) is 0 Å². The Balaban J connectivity index is 2.83. The van der Waals surface area contributed by atoms with Crippen LogP contribution in [-0.2, 0) is 16.1 Å². The minimum Gasteiger partial charge on any atom is -0.598 e. The molecule has 2 unspecified atom stereocenters. The zero-order valence-electron chi connectivity index (χ0n) is 13.3. The number of hydrogen-bond acceptors (Lipinski definition) is 4. The quantitative estimate of drug-likeness (QED) is 0.776. The lowest BCUT2D eigenvalue weighted by atomic mass is 10.1. The van der Waals surface area contributed by atoms with E-state index < -0.39 is 29.1 Å². The van der Waals surface area contributed by atoms with Crippen LogP contribution in [0.3, 0.4) is 0 Å². The molecule has 7 heteroatoms. The summed E-state index contributed by atoms with van der Waals surface area (Å²) in [5.41, 5.74) is 0.157. The molecule has 0 aliphatic rings. The maximum absolute atomic E-state index is 12.0. The second kappa shape index (κ2) is 8.62. The lowest BCUT2D eigenvalue weighted by Gasteiger charge is -2.24. The molecule has 0 fully saturated rings. The third kappa shape index (κ3) is 6.87. The molecule has 0 aliphatic heterocycles. The Kier molecular flexibility index (Phi) is 7.48. The lowest BCUT2D eigenvalue weighted by molar-refractivity contribution is 0.0504. The van der Waals surface area contributed by atoms with Crippen molar-refractivity contribution in [1.82, 2.24) is 10.0 Å².